The molecule has 1 aliphatic heterocycles. The Morgan fingerprint density at radius 2 is 2.28 bits per heavy atom. The van der Waals surface area contributed by atoms with E-state index < -0.39 is 5.97 Å². The molecule has 1 heterocycles. The number of ether oxygens (including phenoxy) is 1. The molecule has 0 spiro atoms. The number of nitrogens with one attached hydrogen (secondary N) is 2. The molecule has 1 aliphatic rings. The van der Waals surface area contributed by atoms with E-state index >= 15 is 0 Å². The van der Waals surface area contributed by atoms with Crippen LogP contribution in [0, 0.1) is 5.92 Å². The zero-order chi connectivity index (χ0) is 13.4. The minimum absolute atomic E-state index is 0.0100. The highest BCUT2D eigenvalue weighted by Gasteiger charge is 2.16. The molecule has 2 unspecified atom stereocenters. The van der Waals surface area contributed by atoms with Gasteiger partial charge in [-0.15, -0.1) is 0 Å². The second-order valence-corrected chi connectivity index (χ2v) is 4.77. The van der Waals surface area contributed by atoms with Gasteiger partial charge in [0.05, 0.1) is 6.61 Å². The van der Waals surface area contributed by atoms with Crippen LogP contribution in [0.2, 0.25) is 0 Å². The summed E-state index contributed by atoms with van der Waals surface area (Å²) in [6.45, 7) is 4.00. The van der Waals surface area contributed by atoms with Crippen LogP contribution in [-0.2, 0) is 9.53 Å². The van der Waals surface area contributed by atoms with E-state index in [1.807, 2.05) is 6.92 Å². The third kappa shape index (κ3) is 6.44. The van der Waals surface area contributed by atoms with Gasteiger partial charge in [0.1, 0.15) is 0 Å². The van der Waals surface area contributed by atoms with Gasteiger partial charge in [0.2, 0.25) is 0 Å². The van der Waals surface area contributed by atoms with Crippen molar-refractivity contribution in [3.05, 3.63) is 0 Å². The first kappa shape index (κ1) is 14.8. The van der Waals surface area contributed by atoms with Crippen LogP contribution in [0.25, 0.3) is 0 Å². The second-order valence-electron chi connectivity index (χ2n) is 4.77. The van der Waals surface area contributed by atoms with Gasteiger partial charge < -0.3 is 20.5 Å². The maximum atomic E-state index is 11.5. The van der Waals surface area contributed by atoms with Gasteiger partial charge in [0.15, 0.2) is 0 Å². The summed E-state index contributed by atoms with van der Waals surface area (Å²) in [6, 6.07) is -0.200. The number of hydrogen-bond acceptors (Lipinski definition) is 3. The fraction of sp³-hybridized carbons (Fsp3) is 0.833. The van der Waals surface area contributed by atoms with Gasteiger partial charge in [0, 0.05) is 31.5 Å². The first-order valence-electron chi connectivity index (χ1n) is 6.42. The monoisotopic (exact) mass is 258 g/mol. The van der Waals surface area contributed by atoms with Crippen molar-refractivity contribution in [3.63, 3.8) is 0 Å². The summed E-state index contributed by atoms with van der Waals surface area (Å²) in [5.74, 6) is -0.383. The van der Waals surface area contributed by atoms with E-state index in [-0.39, 0.29) is 18.5 Å². The van der Waals surface area contributed by atoms with Crippen molar-refractivity contribution in [1.82, 2.24) is 10.6 Å². The number of carboxylic acid groups (broad SMARTS) is 1. The van der Waals surface area contributed by atoms with Crippen LogP contribution >= 0.6 is 0 Å². The van der Waals surface area contributed by atoms with E-state index in [9.17, 15) is 9.59 Å². The normalized spacial score (nSPS) is 20.4. The standard InChI is InChI=1S/C12H22N2O4/c1-9(3-2-4-11(15)16)14-12(17)13-7-10-5-6-18-8-10/h9-10H,2-8H2,1H3,(H,15,16)(H2,13,14,17). The van der Waals surface area contributed by atoms with Crippen LogP contribution in [-0.4, -0.2) is 42.9 Å². The van der Waals surface area contributed by atoms with E-state index in [1.54, 1.807) is 0 Å². The molecule has 2 atom stereocenters. The van der Waals surface area contributed by atoms with E-state index in [0.717, 1.165) is 13.0 Å². The lowest BCUT2D eigenvalue weighted by Crippen LogP contribution is -2.42. The average Bonchev–Trinajstić information content (AvgIpc) is 2.78. The number of carbonyl (C=O) groups excluding carboxylic acids is 1. The van der Waals surface area contributed by atoms with E-state index in [1.165, 1.54) is 0 Å². The summed E-state index contributed by atoms with van der Waals surface area (Å²) < 4.78 is 5.22. The van der Waals surface area contributed by atoms with Gasteiger partial charge in [-0.05, 0) is 26.2 Å². The molecule has 1 saturated heterocycles. The van der Waals surface area contributed by atoms with Crippen molar-refractivity contribution < 1.29 is 19.4 Å². The summed E-state index contributed by atoms with van der Waals surface area (Å²) in [5, 5.41) is 14.1. The maximum Gasteiger partial charge on any atom is 0.315 e. The molecule has 18 heavy (non-hydrogen) atoms. The Morgan fingerprint density at radius 3 is 2.89 bits per heavy atom. The number of carboxylic acids is 1. The average molecular weight is 258 g/mol. The van der Waals surface area contributed by atoms with Gasteiger partial charge in [-0.3, -0.25) is 4.79 Å². The fourth-order valence-corrected chi connectivity index (χ4v) is 1.89. The first-order valence-corrected chi connectivity index (χ1v) is 6.42. The minimum Gasteiger partial charge on any atom is -0.481 e. The molecule has 0 aromatic rings. The highest BCUT2D eigenvalue weighted by molar-refractivity contribution is 5.74. The Kier molecular flexibility index (Phi) is 6.49. The molecule has 0 aromatic carbocycles. The largest absolute Gasteiger partial charge is 0.481 e. The Labute approximate surface area is 107 Å². The highest BCUT2D eigenvalue weighted by Crippen LogP contribution is 2.10. The minimum atomic E-state index is -0.798. The molecule has 1 rings (SSSR count). The van der Waals surface area contributed by atoms with Crippen LogP contribution in [0.1, 0.15) is 32.6 Å². The molecule has 6 nitrogen and oxygen atoms in total. The molecule has 104 valence electrons. The van der Waals surface area contributed by atoms with Crippen LogP contribution < -0.4 is 10.6 Å². The van der Waals surface area contributed by atoms with Gasteiger partial charge in [-0.25, -0.2) is 4.79 Å². The lowest BCUT2D eigenvalue weighted by Gasteiger charge is -2.15. The predicted molar refractivity (Wildman–Crippen MR) is 66.4 cm³/mol. The molecule has 0 saturated carbocycles. The summed E-state index contributed by atoms with van der Waals surface area (Å²) in [4.78, 5) is 21.9. The van der Waals surface area contributed by atoms with Crippen LogP contribution in [0.15, 0.2) is 0 Å². The SMILES string of the molecule is CC(CCCC(=O)O)NC(=O)NCC1CCOC1. The third-order valence-electron chi connectivity index (χ3n) is 2.98. The number of aliphatic carboxylic acids is 1. The molecular weight excluding hydrogens is 236 g/mol. The summed E-state index contributed by atoms with van der Waals surface area (Å²) in [7, 11) is 0. The van der Waals surface area contributed by atoms with E-state index in [0.29, 0.717) is 31.9 Å². The number of carbonyl (C=O) groups is 2. The number of hydrogen-bond donors (Lipinski definition) is 3. The van der Waals surface area contributed by atoms with Gasteiger partial charge in [-0.1, -0.05) is 0 Å². The number of amides is 2. The number of urea groups is 1. The van der Waals surface area contributed by atoms with Gasteiger partial charge in [-0.2, -0.15) is 0 Å². The Morgan fingerprint density at radius 1 is 1.50 bits per heavy atom. The molecule has 0 aromatic heterocycles. The Hall–Kier alpha value is -1.30. The number of rotatable bonds is 7. The highest BCUT2D eigenvalue weighted by atomic mass is 16.5. The second kappa shape index (κ2) is 7.92. The molecule has 3 N–H and O–H groups in total. The van der Waals surface area contributed by atoms with Crippen molar-refractivity contribution in [2.45, 2.75) is 38.6 Å². The molecule has 6 heteroatoms. The molecule has 0 radical (unpaired) electrons. The van der Waals surface area contributed by atoms with Gasteiger partial charge in [0.25, 0.3) is 0 Å². The Balaban J connectivity index is 2.05. The van der Waals surface area contributed by atoms with Crippen LogP contribution in [0.5, 0.6) is 0 Å². The van der Waals surface area contributed by atoms with Crippen molar-refractivity contribution in [1.29, 1.82) is 0 Å². The molecule has 0 bridgehead atoms. The van der Waals surface area contributed by atoms with Crippen molar-refractivity contribution >= 4 is 12.0 Å². The molecule has 1 fully saturated rings. The molecular formula is C12H22N2O4. The third-order valence-corrected chi connectivity index (χ3v) is 2.98. The molecule has 2 amide bonds. The fourth-order valence-electron chi connectivity index (χ4n) is 1.89. The first-order chi connectivity index (χ1) is 8.58. The van der Waals surface area contributed by atoms with E-state index in [2.05, 4.69) is 10.6 Å². The summed E-state index contributed by atoms with van der Waals surface area (Å²) >= 11 is 0. The lowest BCUT2D eigenvalue weighted by molar-refractivity contribution is -0.137. The maximum absolute atomic E-state index is 11.5. The van der Waals surface area contributed by atoms with Crippen molar-refractivity contribution in [2.75, 3.05) is 19.8 Å². The smallest absolute Gasteiger partial charge is 0.315 e. The summed E-state index contributed by atoms with van der Waals surface area (Å²) in [5.41, 5.74) is 0. The molecule has 0 aliphatic carbocycles. The lowest BCUT2D eigenvalue weighted by atomic mass is 10.1. The van der Waals surface area contributed by atoms with Crippen LogP contribution in [0.3, 0.4) is 0 Å². The van der Waals surface area contributed by atoms with E-state index in [4.69, 9.17) is 9.84 Å². The zero-order valence-corrected chi connectivity index (χ0v) is 10.8. The van der Waals surface area contributed by atoms with Gasteiger partial charge >= 0.3 is 12.0 Å². The topological polar surface area (TPSA) is 87.7 Å². The Bertz CT molecular complexity index is 277. The predicted octanol–water partition coefficient (Wildman–Crippen LogP) is 0.965. The van der Waals surface area contributed by atoms with Crippen LogP contribution in [0.4, 0.5) is 4.79 Å². The van der Waals surface area contributed by atoms with Crippen molar-refractivity contribution in [2.24, 2.45) is 5.92 Å². The zero-order valence-electron chi connectivity index (χ0n) is 10.8. The summed E-state index contributed by atoms with van der Waals surface area (Å²) in [6.07, 6.45) is 2.39. The van der Waals surface area contributed by atoms with Crippen molar-refractivity contribution in [3.8, 4) is 0 Å². The quantitative estimate of drug-likeness (QED) is 0.635.